The second kappa shape index (κ2) is 5.39. The van der Waals surface area contributed by atoms with Gasteiger partial charge in [-0.1, -0.05) is 17.7 Å². The van der Waals surface area contributed by atoms with Crippen LogP contribution in [0.1, 0.15) is 36.5 Å². The Morgan fingerprint density at radius 1 is 1.42 bits per heavy atom. The van der Waals surface area contributed by atoms with Crippen LogP contribution in [-0.2, 0) is 0 Å². The Kier molecular flexibility index (Phi) is 4.02. The number of rotatable bonds is 1. The second-order valence-corrected chi connectivity index (χ2v) is 5.75. The molecule has 2 rings (SSSR count). The molecule has 104 valence electrons. The summed E-state index contributed by atoms with van der Waals surface area (Å²) < 4.78 is 0. The number of carbonyl (C=O) groups excluding carboxylic acids is 1. The first-order chi connectivity index (χ1) is 8.91. The fraction of sp³-hybridized carbons (Fsp3) is 0.500. The Morgan fingerprint density at radius 3 is 2.89 bits per heavy atom. The van der Waals surface area contributed by atoms with Crippen molar-refractivity contribution in [3.05, 3.63) is 28.8 Å². The standard InChI is InChI=1S/C14H19ClN2O2/c1-14(19)6-3-8-17(9-7-14)13(18)10-4-2-5-11(15)12(10)16/h2,4-5,19H,3,6-9,16H2,1H3. The molecule has 1 unspecified atom stereocenters. The summed E-state index contributed by atoms with van der Waals surface area (Å²) in [6, 6.07) is 5.08. The van der Waals surface area contributed by atoms with E-state index in [0.29, 0.717) is 42.2 Å². The molecule has 5 heteroatoms. The van der Waals surface area contributed by atoms with Gasteiger partial charge in [0.2, 0.25) is 0 Å². The molecule has 1 saturated heterocycles. The minimum atomic E-state index is -0.686. The van der Waals surface area contributed by atoms with Crippen molar-refractivity contribution in [3.8, 4) is 0 Å². The maximum atomic E-state index is 12.4. The van der Waals surface area contributed by atoms with Crippen molar-refractivity contribution < 1.29 is 9.90 Å². The summed E-state index contributed by atoms with van der Waals surface area (Å²) >= 11 is 5.94. The number of nitrogen functional groups attached to an aromatic ring is 1. The van der Waals surface area contributed by atoms with Gasteiger partial charge in [-0.3, -0.25) is 4.79 Å². The van der Waals surface area contributed by atoms with Gasteiger partial charge in [0.1, 0.15) is 0 Å². The maximum absolute atomic E-state index is 12.4. The molecule has 1 aromatic rings. The first kappa shape index (κ1) is 14.2. The number of amides is 1. The zero-order valence-corrected chi connectivity index (χ0v) is 11.8. The Balaban J connectivity index is 2.18. The molecule has 0 bridgehead atoms. The van der Waals surface area contributed by atoms with Gasteiger partial charge in [-0.05, 0) is 38.3 Å². The predicted molar refractivity (Wildman–Crippen MR) is 76.2 cm³/mol. The van der Waals surface area contributed by atoms with Crippen molar-refractivity contribution in [2.75, 3.05) is 18.8 Å². The zero-order chi connectivity index (χ0) is 14.0. The van der Waals surface area contributed by atoms with Crippen LogP contribution in [0, 0.1) is 0 Å². The summed E-state index contributed by atoms with van der Waals surface area (Å²) in [5.74, 6) is -0.113. The number of nitrogens with zero attached hydrogens (tertiary/aromatic N) is 1. The van der Waals surface area contributed by atoms with E-state index in [1.54, 1.807) is 23.1 Å². The Bertz CT molecular complexity index is 488. The van der Waals surface area contributed by atoms with E-state index in [0.717, 1.165) is 6.42 Å². The lowest BCUT2D eigenvalue weighted by molar-refractivity contribution is 0.0438. The summed E-state index contributed by atoms with van der Waals surface area (Å²) in [5, 5.41) is 10.4. The number of nitrogens with two attached hydrogens (primary N) is 1. The highest BCUT2D eigenvalue weighted by Gasteiger charge is 2.28. The lowest BCUT2D eigenvalue weighted by atomic mass is 9.98. The molecule has 0 aromatic heterocycles. The van der Waals surface area contributed by atoms with E-state index in [1.165, 1.54) is 0 Å². The minimum absolute atomic E-state index is 0.113. The van der Waals surface area contributed by atoms with Gasteiger partial charge in [0, 0.05) is 13.1 Å². The van der Waals surface area contributed by atoms with Crippen molar-refractivity contribution in [2.24, 2.45) is 0 Å². The normalized spacial score (nSPS) is 24.1. The quantitative estimate of drug-likeness (QED) is 0.777. The fourth-order valence-corrected chi connectivity index (χ4v) is 2.53. The molecular weight excluding hydrogens is 264 g/mol. The summed E-state index contributed by atoms with van der Waals surface area (Å²) in [6.07, 6.45) is 2.08. The van der Waals surface area contributed by atoms with Gasteiger partial charge < -0.3 is 15.7 Å². The monoisotopic (exact) mass is 282 g/mol. The molecule has 1 atom stereocenters. The predicted octanol–water partition coefficient (Wildman–Crippen LogP) is 2.30. The molecule has 19 heavy (non-hydrogen) atoms. The molecule has 1 aliphatic rings. The van der Waals surface area contributed by atoms with Gasteiger partial charge in [0.15, 0.2) is 0 Å². The van der Waals surface area contributed by atoms with E-state index >= 15 is 0 Å². The second-order valence-electron chi connectivity index (χ2n) is 5.34. The third kappa shape index (κ3) is 3.19. The summed E-state index contributed by atoms with van der Waals surface area (Å²) in [6.45, 7) is 2.99. The van der Waals surface area contributed by atoms with Crippen molar-refractivity contribution in [3.63, 3.8) is 0 Å². The van der Waals surface area contributed by atoms with Crippen LogP contribution in [-0.4, -0.2) is 34.6 Å². The Morgan fingerprint density at radius 2 is 2.16 bits per heavy atom. The van der Waals surface area contributed by atoms with Gasteiger partial charge in [0.05, 0.1) is 21.9 Å². The van der Waals surface area contributed by atoms with E-state index in [-0.39, 0.29) is 5.91 Å². The van der Waals surface area contributed by atoms with E-state index in [2.05, 4.69) is 0 Å². The third-order valence-electron chi connectivity index (χ3n) is 3.63. The number of likely N-dealkylation sites (tertiary alicyclic amines) is 1. The number of hydrogen-bond acceptors (Lipinski definition) is 3. The molecule has 1 amide bonds. The van der Waals surface area contributed by atoms with Crippen LogP contribution >= 0.6 is 11.6 Å². The number of para-hydroxylation sites is 1. The van der Waals surface area contributed by atoms with Crippen LogP contribution in [0.15, 0.2) is 18.2 Å². The van der Waals surface area contributed by atoms with E-state index in [1.807, 2.05) is 6.92 Å². The van der Waals surface area contributed by atoms with Gasteiger partial charge in [0.25, 0.3) is 5.91 Å². The van der Waals surface area contributed by atoms with E-state index < -0.39 is 5.60 Å². The number of halogens is 1. The molecule has 1 heterocycles. The van der Waals surface area contributed by atoms with Crippen LogP contribution in [0.4, 0.5) is 5.69 Å². The highest BCUT2D eigenvalue weighted by molar-refractivity contribution is 6.33. The number of carbonyl (C=O) groups is 1. The fourth-order valence-electron chi connectivity index (χ4n) is 2.36. The molecule has 1 aliphatic heterocycles. The van der Waals surface area contributed by atoms with Crippen LogP contribution in [0.5, 0.6) is 0 Å². The topological polar surface area (TPSA) is 66.6 Å². The number of hydrogen-bond donors (Lipinski definition) is 2. The van der Waals surface area contributed by atoms with Crippen LogP contribution in [0.3, 0.4) is 0 Å². The molecule has 0 aliphatic carbocycles. The first-order valence-corrected chi connectivity index (χ1v) is 6.84. The van der Waals surface area contributed by atoms with Crippen molar-refractivity contribution in [2.45, 2.75) is 31.8 Å². The lowest BCUT2D eigenvalue weighted by Gasteiger charge is -2.23. The highest BCUT2D eigenvalue weighted by Crippen LogP contribution is 2.26. The van der Waals surface area contributed by atoms with Gasteiger partial charge >= 0.3 is 0 Å². The number of anilines is 1. The molecule has 3 N–H and O–H groups in total. The minimum Gasteiger partial charge on any atom is -0.397 e. The SMILES string of the molecule is CC1(O)CCCN(C(=O)c2cccc(Cl)c2N)CC1. The molecule has 0 saturated carbocycles. The molecule has 0 spiro atoms. The highest BCUT2D eigenvalue weighted by atomic mass is 35.5. The van der Waals surface area contributed by atoms with E-state index in [9.17, 15) is 9.90 Å². The van der Waals surface area contributed by atoms with Gasteiger partial charge in [-0.2, -0.15) is 0 Å². The summed E-state index contributed by atoms with van der Waals surface area (Å²) in [5.41, 5.74) is 5.93. The summed E-state index contributed by atoms with van der Waals surface area (Å²) in [4.78, 5) is 14.2. The van der Waals surface area contributed by atoms with Gasteiger partial charge in [-0.25, -0.2) is 0 Å². The molecule has 0 radical (unpaired) electrons. The maximum Gasteiger partial charge on any atom is 0.255 e. The zero-order valence-electron chi connectivity index (χ0n) is 11.0. The lowest BCUT2D eigenvalue weighted by Crippen LogP contribution is -2.34. The smallest absolute Gasteiger partial charge is 0.255 e. The third-order valence-corrected chi connectivity index (χ3v) is 3.96. The first-order valence-electron chi connectivity index (χ1n) is 6.46. The van der Waals surface area contributed by atoms with E-state index in [4.69, 9.17) is 17.3 Å². The van der Waals surface area contributed by atoms with Crippen LogP contribution in [0.25, 0.3) is 0 Å². The number of aliphatic hydroxyl groups is 1. The Hall–Kier alpha value is -1.26. The molecular formula is C14H19ClN2O2. The number of benzene rings is 1. The summed E-state index contributed by atoms with van der Waals surface area (Å²) in [7, 11) is 0. The molecule has 4 nitrogen and oxygen atoms in total. The average molecular weight is 283 g/mol. The van der Waals surface area contributed by atoms with Crippen molar-refractivity contribution >= 4 is 23.2 Å². The average Bonchev–Trinajstić information content (AvgIpc) is 2.53. The Labute approximate surface area is 118 Å². The van der Waals surface area contributed by atoms with Crippen molar-refractivity contribution in [1.82, 2.24) is 4.90 Å². The molecule has 1 aromatic carbocycles. The van der Waals surface area contributed by atoms with Crippen LogP contribution < -0.4 is 5.73 Å². The van der Waals surface area contributed by atoms with Crippen molar-refractivity contribution in [1.29, 1.82) is 0 Å². The largest absolute Gasteiger partial charge is 0.397 e. The van der Waals surface area contributed by atoms with Gasteiger partial charge in [-0.15, -0.1) is 0 Å². The van der Waals surface area contributed by atoms with Crippen LogP contribution in [0.2, 0.25) is 5.02 Å². The molecule has 1 fully saturated rings.